The van der Waals surface area contributed by atoms with Gasteiger partial charge in [-0.1, -0.05) is 19.1 Å². The van der Waals surface area contributed by atoms with E-state index in [9.17, 15) is 4.79 Å². The highest BCUT2D eigenvalue weighted by atomic mass is 16.1. The van der Waals surface area contributed by atoms with Crippen molar-refractivity contribution in [2.75, 3.05) is 34.8 Å². The maximum absolute atomic E-state index is 13.1. The number of aryl methyl sites for hydroxylation is 1. The van der Waals surface area contributed by atoms with Crippen LogP contribution in [-0.4, -0.2) is 35.0 Å². The summed E-state index contributed by atoms with van der Waals surface area (Å²) in [5, 5.41) is 3.81. The molecular weight excluding hydrogens is 378 g/mol. The molecule has 30 heavy (non-hydrogen) atoms. The molecule has 1 aliphatic rings. The third-order valence-corrected chi connectivity index (χ3v) is 5.50. The lowest BCUT2D eigenvalue weighted by molar-refractivity contribution is 0.102. The van der Waals surface area contributed by atoms with Crippen LogP contribution in [0, 0.1) is 0 Å². The Bertz CT molecular complexity index is 1100. The van der Waals surface area contributed by atoms with Gasteiger partial charge in [-0.25, -0.2) is 4.98 Å². The first kappa shape index (κ1) is 19.9. The number of amides is 1. The van der Waals surface area contributed by atoms with Gasteiger partial charge in [-0.05, 0) is 37.0 Å². The van der Waals surface area contributed by atoms with Crippen molar-refractivity contribution in [3.8, 4) is 0 Å². The minimum Gasteiger partial charge on any atom is -0.397 e. The average Bonchev–Trinajstić information content (AvgIpc) is 2.73. The number of fused-ring (bicyclic) bond motifs is 1. The SMILES string of the molecule is CCc1ccc2cc(N)c(C(=O)Nc3cncc(N)c3N3CCC[C@H](N)C3)nc2c1. The highest BCUT2D eigenvalue weighted by Gasteiger charge is 2.23. The van der Waals surface area contributed by atoms with Crippen molar-refractivity contribution in [1.29, 1.82) is 0 Å². The third kappa shape index (κ3) is 3.86. The van der Waals surface area contributed by atoms with Crippen molar-refractivity contribution in [3.63, 3.8) is 0 Å². The highest BCUT2D eigenvalue weighted by Crippen LogP contribution is 2.33. The zero-order valence-corrected chi connectivity index (χ0v) is 17.1. The summed E-state index contributed by atoms with van der Waals surface area (Å²) >= 11 is 0. The number of hydrogen-bond acceptors (Lipinski definition) is 7. The first-order chi connectivity index (χ1) is 14.5. The number of carbonyl (C=O) groups excluding carboxylic acids is 1. The minimum atomic E-state index is -0.397. The van der Waals surface area contributed by atoms with E-state index in [1.54, 1.807) is 18.5 Å². The molecule has 156 valence electrons. The Kier molecular flexibility index (Phi) is 5.41. The first-order valence-corrected chi connectivity index (χ1v) is 10.2. The summed E-state index contributed by atoms with van der Waals surface area (Å²) in [6.07, 6.45) is 6.01. The normalized spacial score (nSPS) is 16.6. The number of rotatable bonds is 4. The number of hydrogen-bond donors (Lipinski definition) is 4. The molecule has 0 saturated carbocycles. The maximum Gasteiger partial charge on any atom is 0.276 e. The fraction of sp³-hybridized carbons (Fsp3) is 0.318. The summed E-state index contributed by atoms with van der Waals surface area (Å²) in [7, 11) is 0. The van der Waals surface area contributed by atoms with Crippen molar-refractivity contribution in [3.05, 3.63) is 47.9 Å². The number of nitrogens with two attached hydrogens (primary N) is 3. The molecule has 0 spiro atoms. The molecule has 0 unspecified atom stereocenters. The lowest BCUT2D eigenvalue weighted by Gasteiger charge is -2.34. The number of piperidine rings is 1. The van der Waals surface area contributed by atoms with E-state index in [1.807, 2.05) is 18.2 Å². The number of aromatic nitrogens is 2. The Morgan fingerprint density at radius 3 is 2.83 bits per heavy atom. The van der Waals surface area contributed by atoms with Crippen molar-refractivity contribution in [1.82, 2.24) is 9.97 Å². The highest BCUT2D eigenvalue weighted by molar-refractivity contribution is 6.09. The van der Waals surface area contributed by atoms with E-state index in [1.165, 1.54) is 0 Å². The molecule has 8 nitrogen and oxygen atoms in total. The fourth-order valence-corrected chi connectivity index (χ4v) is 3.94. The Morgan fingerprint density at radius 1 is 1.23 bits per heavy atom. The van der Waals surface area contributed by atoms with Gasteiger partial charge in [0.25, 0.3) is 5.91 Å². The number of pyridine rings is 2. The molecule has 1 amide bonds. The van der Waals surface area contributed by atoms with Crippen LogP contribution in [0.4, 0.5) is 22.7 Å². The molecule has 7 N–H and O–H groups in total. The smallest absolute Gasteiger partial charge is 0.276 e. The lowest BCUT2D eigenvalue weighted by Crippen LogP contribution is -2.43. The molecule has 8 heteroatoms. The third-order valence-electron chi connectivity index (χ3n) is 5.50. The van der Waals surface area contributed by atoms with Crippen molar-refractivity contribution < 1.29 is 4.79 Å². The second-order valence-electron chi connectivity index (χ2n) is 7.73. The van der Waals surface area contributed by atoms with E-state index in [4.69, 9.17) is 17.2 Å². The molecule has 2 aromatic heterocycles. The molecule has 1 atom stereocenters. The van der Waals surface area contributed by atoms with E-state index < -0.39 is 5.91 Å². The molecule has 1 aliphatic heterocycles. The summed E-state index contributed by atoms with van der Waals surface area (Å²) in [5.74, 6) is -0.397. The predicted octanol–water partition coefficient (Wildman–Crippen LogP) is 2.54. The molecule has 1 fully saturated rings. The van der Waals surface area contributed by atoms with Crippen LogP contribution >= 0.6 is 0 Å². The quantitative estimate of drug-likeness (QED) is 0.523. The maximum atomic E-state index is 13.1. The second kappa shape index (κ2) is 8.16. The molecule has 0 radical (unpaired) electrons. The van der Waals surface area contributed by atoms with E-state index in [0.717, 1.165) is 48.0 Å². The Labute approximate surface area is 175 Å². The second-order valence-corrected chi connectivity index (χ2v) is 7.73. The van der Waals surface area contributed by atoms with Gasteiger partial charge in [0, 0.05) is 24.5 Å². The van der Waals surface area contributed by atoms with Gasteiger partial charge in [0.15, 0.2) is 5.69 Å². The number of nitrogen functional groups attached to an aromatic ring is 2. The number of nitrogens with one attached hydrogen (secondary N) is 1. The van der Waals surface area contributed by atoms with Crippen LogP contribution in [0.5, 0.6) is 0 Å². The zero-order valence-electron chi connectivity index (χ0n) is 17.1. The monoisotopic (exact) mass is 405 g/mol. The van der Waals surface area contributed by atoms with Crippen molar-refractivity contribution >= 4 is 39.6 Å². The molecule has 3 heterocycles. The number of benzene rings is 1. The van der Waals surface area contributed by atoms with Crippen LogP contribution in [0.3, 0.4) is 0 Å². The molecule has 4 rings (SSSR count). The summed E-state index contributed by atoms with van der Waals surface area (Å²) in [6, 6.07) is 7.84. The number of nitrogens with zero attached hydrogens (tertiary/aromatic N) is 3. The van der Waals surface area contributed by atoms with Crippen LogP contribution in [0.25, 0.3) is 10.9 Å². The molecule has 1 saturated heterocycles. The van der Waals surface area contributed by atoms with E-state index >= 15 is 0 Å². The van der Waals surface area contributed by atoms with E-state index in [-0.39, 0.29) is 11.7 Å². The molecular formula is C22H27N7O. The molecule has 1 aromatic carbocycles. The van der Waals surface area contributed by atoms with Gasteiger partial charge in [-0.2, -0.15) is 0 Å². The predicted molar refractivity (Wildman–Crippen MR) is 122 cm³/mol. The zero-order chi connectivity index (χ0) is 21.3. The lowest BCUT2D eigenvalue weighted by atomic mass is 10.1. The Balaban J connectivity index is 1.67. The summed E-state index contributed by atoms with van der Waals surface area (Å²) in [6.45, 7) is 3.57. The number of carbonyl (C=O) groups is 1. The molecule has 0 bridgehead atoms. The van der Waals surface area contributed by atoms with Gasteiger partial charge in [-0.15, -0.1) is 0 Å². The first-order valence-electron chi connectivity index (χ1n) is 10.2. The average molecular weight is 406 g/mol. The largest absolute Gasteiger partial charge is 0.397 e. The summed E-state index contributed by atoms with van der Waals surface area (Å²) in [4.78, 5) is 23.9. The van der Waals surface area contributed by atoms with Gasteiger partial charge in [-0.3, -0.25) is 9.78 Å². The van der Waals surface area contributed by atoms with E-state index in [0.29, 0.717) is 23.6 Å². The Morgan fingerprint density at radius 2 is 2.07 bits per heavy atom. The van der Waals surface area contributed by atoms with Gasteiger partial charge in [0.1, 0.15) is 0 Å². The Hall–Kier alpha value is -3.39. The van der Waals surface area contributed by atoms with Crippen LogP contribution in [0.1, 0.15) is 35.8 Å². The summed E-state index contributed by atoms with van der Waals surface area (Å²) in [5.41, 5.74) is 22.6. The van der Waals surface area contributed by atoms with Crippen LogP contribution in [0.2, 0.25) is 0 Å². The van der Waals surface area contributed by atoms with Crippen molar-refractivity contribution in [2.24, 2.45) is 5.73 Å². The van der Waals surface area contributed by atoms with Gasteiger partial charge in [0.2, 0.25) is 0 Å². The van der Waals surface area contributed by atoms with E-state index in [2.05, 4.69) is 27.1 Å². The molecule has 0 aliphatic carbocycles. The van der Waals surface area contributed by atoms with Crippen LogP contribution in [-0.2, 0) is 6.42 Å². The standard InChI is InChI=1S/C22H27N7O/c1-2-13-5-6-14-9-16(24)20(27-18(14)8-13)22(30)28-19-11-26-10-17(25)21(19)29-7-3-4-15(23)12-29/h5-6,8-11,15H,2-4,7,12,23-25H2,1H3,(H,28,30)/t15-/m0/s1. The van der Waals surface area contributed by atoms with Gasteiger partial charge >= 0.3 is 0 Å². The topological polar surface area (TPSA) is 136 Å². The van der Waals surface area contributed by atoms with Gasteiger partial charge < -0.3 is 27.4 Å². The van der Waals surface area contributed by atoms with Gasteiger partial charge in [0.05, 0.1) is 40.7 Å². The fourth-order valence-electron chi connectivity index (χ4n) is 3.94. The summed E-state index contributed by atoms with van der Waals surface area (Å²) < 4.78 is 0. The minimum absolute atomic E-state index is 0.0698. The number of anilines is 4. The van der Waals surface area contributed by atoms with Crippen molar-refractivity contribution in [2.45, 2.75) is 32.2 Å². The van der Waals surface area contributed by atoms with Crippen LogP contribution in [0.15, 0.2) is 36.7 Å². The molecule has 3 aromatic rings. The van der Waals surface area contributed by atoms with Crippen LogP contribution < -0.4 is 27.4 Å².